The third-order valence-corrected chi connectivity index (χ3v) is 7.38. The Labute approximate surface area is 216 Å². The van der Waals surface area contributed by atoms with Crippen LogP contribution in [-0.2, 0) is 30.4 Å². The largest absolute Gasteiger partial charge is 0.416 e. The van der Waals surface area contributed by atoms with E-state index in [4.69, 9.17) is 4.98 Å². The molecule has 1 unspecified atom stereocenters. The summed E-state index contributed by atoms with van der Waals surface area (Å²) in [6.07, 6.45) is -2.32. The zero-order valence-electron chi connectivity index (χ0n) is 19.6. The van der Waals surface area contributed by atoms with Crippen molar-refractivity contribution in [3.8, 4) is 0 Å². The average Bonchev–Trinajstić information content (AvgIpc) is 3.19. The first-order chi connectivity index (χ1) is 16.7. The van der Waals surface area contributed by atoms with E-state index in [1.165, 1.54) is 0 Å². The molecule has 2 heterocycles. The fourth-order valence-electron chi connectivity index (χ4n) is 4.89. The zero-order chi connectivity index (χ0) is 25.2. The Morgan fingerprint density at radius 1 is 1.14 bits per heavy atom. The predicted molar refractivity (Wildman–Crippen MR) is 137 cm³/mol. The number of aryl methyl sites for hydroxylation is 2. The van der Waals surface area contributed by atoms with Gasteiger partial charge < -0.3 is 9.88 Å². The van der Waals surface area contributed by atoms with E-state index in [2.05, 4.69) is 44.3 Å². The van der Waals surface area contributed by atoms with Gasteiger partial charge in [-0.3, -0.25) is 9.69 Å². The maximum atomic E-state index is 13.1. The lowest BCUT2D eigenvalue weighted by Crippen LogP contribution is -2.46. The van der Waals surface area contributed by atoms with Crippen LogP contribution in [-0.4, -0.2) is 34.0 Å². The molecular weight excluding hydrogens is 568 g/mol. The molecule has 0 saturated carbocycles. The minimum absolute atomic E-state index is 0.0885. The fraction of sp³-hybridized carbons (Fsp3) is 0.385. The summed E-state index contributed by atoms with van der Waals surface area (Å²) >= 11 is 2.26. The van der Waals surface area contributed by atoms with E-state index in [1.807, 2.05) is 30.3 Å². The van der Waals surface area contributed by atoms with E-state index in [9.17, 15) is 18.0 Å². The number of benzene rings is 2. The molecule has 0 aliphatic carbocycles. The van der Waals surface area contributed by atoms with Gasteiger partial charge in [-0.25, -0.2) is 4.98 Å². The highest BCUT2D eigenvalue weighted by Gasteiger charge is 2.39. The average molecular weight is 596 g/mol. The van der Waals surface area contributed by atoms with Crippen LogP contribution in [0.5, 0.6) is 0 Å². The SMILES string of the molecule is CCc1nc(I)c2n1CCN([C@@H](C(=O)NC)c1ccccc1)C2CCc1ccc(C(F)(F)F)cc1. The number of halogens is 4. The topological polar surface area (TPSA) is 50.2 Å². The van der Waals surface area contributed by atoms with Crippen LogP contribution in [0.2, 0.25) is 0 Å². The third kappa shape index (κ3) is 5.40. The van der Waals surface area contributed by atoms with Crippen molar-refractivity contribution in [3.63, 3.8) is 0 Å². The molecule has 1 amide bonds. The number of nitrogens with zero attached hydrogens (tertiary/aromatic N) is 3. The zero-order valence-corrected chi connectivity index (χ0v) is 21.8. The van der Waals surface area contributed by atoms with Crippen molar-refractivity contribution in [1.82, 2.24) is 19.8 Å². The lowest BCUT2D eigenvalue weighted by molar-refractivity contribution is -0.137. The quantitative estimate of drug-likeness (QED) is 0.365. The number of likely N-dealkylation sites (N-methyl/N-ethyl adjacent to an activating group) is 1. The summed E-state index contributed by atoms with van der Waals surface area (Å²) in [6.45, 7) is 3.47. The standard InChI is InChI=1S/C26H28F3IN4O/c1-3-21-32-24(30)23-20(14-11-17-9-12-19(13-10-17)26(27,28)29)33(15-16-34(21)23)22(25(35)31-2)18-7-5-4-6-8-18/h4-10,12-13,20,22H,3,11,14-16H2,1-2H3,(H,31,35)/t20?,22-/m1/s1. The van der Waals surface area contributed by atoms with Crippen LogP contribution in [0.1, 0.15) is 53.6 Å². The summed E-state index contributed by atoms with van der Waals surface area (Å²) in [6, 6.07) is 14.5. The number of hydrogen-bond donors (Lipinski definition) is 1. The van der Waals surface area contributed by atoms with Gasteiger partial charge in [0.2, 0.25) is 5.91 Å². The third-order valence-electron chi connectivity index (χ3n) is 6.58. The van der Waals surface area contributed by atoms with Gasteiger partial charge in [0.25, 0.3) is 0 Å². The number of hydrogen-bond acceptors (Lipinski definition) is 3. The number of alkyl halides is 3. The number of imidazole rings is 1. The van der Waals surface area contributed by atoms with Gasteiger partial charge in [-0.2, -0.15) is 13.2 Å². The first-order valence-electron chi connectivity index (χ1n) is 11.7. The maximum Gasteiger partial charge on any atom is 0.416 e. The number of carbonyl (C=O) groups is 1. The maximum absolute atomic E-state index is 13.1. The second-order valence-electron chi connectivity index (χ2n) is 8.62. The fourth-order valence-corrected chi connectivity index (χ4v) is 5.82. The molecule has 1 aliphatic heterocycles. The van der Waals surface area contributed by atoms with Gasteiger partial charge in [0.05, 0.1) is 17.3 Å². The van der Waals surface area contributed by atoms with Gasteiger partial charge >= 0.3 is 6.18 Å². The lowest BCUT2D eigenvalue weighted by atomic mass is 9.95. The summed E-state index contributed by atoms with van der Waals surface area (Å²) in [5.74, 6) is 0.925. The molecular formula is C26H28F3IN4O. The van der Waals surface area contributed by atoms with Crippen molar-refractivity contribution in [2.45, 2.75) is 51.0 Å². The number of rotatable bonds is 7. The molecule has 0 fully saturated rings. The van der Waals surface area contributed by atoms with Crippen LogP contribution < -0.4 is 5.32 Å². The molecule has 0 saturated heterocycles. The van der Waals surface area contributed by atoms with Crippen LogP contribution in [0, 0.1) is 3.70 Å². The second kappa shape index (κ2) is 10.7. The Bertz CT molecular complexity index is 1160. The summed E-state index contributed by atoms with van der Waals surface area (Å²) in [5.41, 5.74) is 2.16. The predicted octanol–water partition coefficient (Wildman–Crippen LogP) is 5.55. The first-order valence-corrected chi connectivity index (χ1v) is 12.8. The molecule has 5 nitrogen and oxygen atoms in total. The molecule has 9 heteroatoms. The molecule has 4 rings (SSSR count). The minimum Gasteiger partial charge on any atom is -0.358 e. The highest BCUT2D eigenvalue weighted by Crippen LogP contribution is 2.39. The second-order valence-corrected chi connectivity index (χ2v) is 9.65. The molecule has 1 N–H and O–H groups in total. The van der Waals surface area contributed by atoms with Crippen molar-refractivity contribution in [2.75, 3.05) is 13.6 Å². The van der Waals surface area contributed by atoms with Gasteiger partial charge in [0.1, 0.15) is 15.6 Å². The lowest BCUT2D eigenvalue weighted by Gasteiger charge is -2.41. The number of nitrogens with one attached hydrogen (secondary N) is 1. The smallest absolute Gasteiger partial charge is 0.358 e. The van der Waals surface area contributed by atoms with E-state index in [0.29, 0.717) is 19.4 Å². The minimum atomic E-state index is -4.35. The van der Waals surface area contributed by atoms with Crippen LogP contribution in [0.3, 0.4) is 0 Å². The highest BCUT2D eigenvalue weighted by atomic mass is 127. The van der Waals surface area contributed by atoms with Gasteiger partial charge in [0, 0.05) is 26.6 Å². The Morgan fingerprint density at radius 2 is 1.83 bits per heavy atom. The van der Waals surface area contributed by atoms with Gasteiger partial charge in [-0.05, 0) is 58.7 Å². The number of aromatic nitrogens is 2. The van der Waals surface area contributed by atoms with Crippen molar-refractivity contribution in [2.24, 2.45) is 0 Å². The van der Waals surface area contributed by atoms with E-state index in [0.717, 1.165) is 51.4 Å². The van der Waals surface area contributed by atoms with Crippen LogP contribution in [0.25, 0.3) is 0 Å². The Kier molecular flexibility index (Phi) is 7.85. The molecule has 0 spiro atoms. The van der Waals surface area contributed by atoms with Crippen molar-refractivity contribution >= 4 is 28.5 Å². The number of amides is 1. The van der Waals surface area contributed by atoms with E-state index < -0.39 is 17.8 Å². The molecule has 0 bridgehead atoms. The molecule has 1 aromatic heterocycles. The van der Waals surface area contributed by atoms with E-state index in [-0.39, 0.29) is 11.9 Å². The van der Waals surface area contributed by atoms with Gasteiger partial charge in [-0.15, -0.1) is 0 Å². The summed E-state index contributed by atoms with van der Waals surface area (Å²) in [5, 5.41) is 2.82. The molecule has 35 heavy (non-hydrogen) atoms. The van der Waals surface area contributed by atoms with Crippen LogP contribution in [0.4, 0.5) is 13.2 Å². The molecule has 3 aromatic rings. The monoisotopic (exact) mass is 596 g/mol. The Morgan fingerprint density at radius 3 is 2.43 bits per heavy atom. The summed E-state index contributed by atoms with van der Waals surface area (Å²) < 4.78 is 42.2. The van der Waals surface area contributed by atoms with Gasteiger partial charge in [-0.1, -0.05) is 49.4 Å². The Hall–Kier alpha value is -2.40. The van der Waals surface area contributed by atoms with E-state index in [1.54, 1.807) is 19.2 Å². The van der Waals surface area contributed by atoms with E-state index >= 15 is 0 Å². The van der Waals surface area contributed by atoms with Crippen LogP contribution >= 0.6 is 22.6 Å². The van der Waals surface area contributed by atoms with Crippen molar-refractivity contribution < 1.29 is 18.0 Å². The van der Waals surface area contributed by atoms with Crippen molar-refractivity contribution in [1.29, 1.82) is 0 Å². The Balaban J connectivity index is 1.70. The van der Waals surface area contributed by atoms with Gasteiger partial charge in [0.15, 0.2) is 0 Å². The first kappa shape index (κ1) is 25.7. The number of carbonyl (C=O) groups excluding carboxylic acids is 1. The molecule has 186 valence electrons. The van der Waals surface area contributed by atoms with Crippen LogP contribution in [0.15, 0.2) is 54.6 Å². The summed E-state index contributed by atoms with van der Waals surface area (Å²) in [7, 11) is 1.64. The molecule has 2 aromatic carbocycles. The summed E-state index contributed by atoms with van der Waals surface area (Å²) in [4.78, 5) is 20.1. The molecule has 1 aliphatic rings. The molecule has 0 radical (unpaired) electrons. The number of fused-ring (bicyclic) bond motifs is 1. The highest BCUT2D eigenvalue weighted by molar-refractivity contribution is 14.1. The molecule has 2 atom stereocenters. The normalized spacial score (nSPS) is 17.1. The van der Waals surface area contributed by atoms with Crippen molar-refractivity contribution in [3.05, 3.63) is 86.5 Å².